The molecule has 1 aromatic carbocycles. The summed E-state index contributed by atoms with van der Waals surface area (Å²) in [4.78, 5) is 0. The second-order valence-electron chi connectivity index (χ2n) is 5.42. The molecule has 0 unspecified atom stereocenters. The Kier molecular flexibility index (Phi) is 5.85. The van der Waals surface area contributed by atoms with Gasteiger partial charge in [-0.2, -0.15) is 0 Å². The average Bonchev–Trinajstić information content (AvgIpc) is 2.46. The Hall–Kier alpha value is -1.08. The van der Waals surface area contributed by atoms with Crippen LogP contribution in [0.3, 0.4) is 0 Å². The molecule has 122 valence electrons. The number of halogens is 4. The molecular weight excluding hydrogens is 316 g/mol. The van der Waals surface area contributed by atoms with Gasteiger partial charge in [0.25, 0.3) is 0 Å². The maximum absolute atomic E-state index is 13.7. The number of ether oxygens (including phenoxy) is 2. The summed E-state index contributed by atoms with van der Waals surface area (Å²) < 4.78 is 58.8. The Morgan fingerprint density at radius 3 is 2.41 bits per heavy atom. The molecule has 0 aromatic heterocycles. The number of hydrogen-bond donors (Lipinski definition) is 0. The van der Waals surface area contributed by atoms with Gasteiger partial charge >= 0.3 is 6.36 Å². The van der Waals surface area contributed by atoms with Gasteiger partial charge in [0.15, 0.2) is 11.6 Å². The average molecular weight is 334 g/mol. The third-order valence-electron chi connectivity index (χ3n) is 3.90. The van der Waals surface area contributed by atoms with Gasteiger partial charge in [-0.05, 0) is 42.0 Å². The van der Waals surface area contributed by atoms with E-state index in [1.165, 1.54) is 12.1 Å². The maximum Gasteiger partial charge on any atom is 0.573 e. The molecule has 1 saturated carbocycles. The van der Waals surface area contributed by atoms with Crippen LogP contribution < -0.4 is 4.74 Å². The van der Waals surface area contributed by atoms with E-state index in [1.807, 2.05) is 0 Å². The van der Waals surface area contributed by atoms with Gasteiger partial charge in [-0.25, -0.2) is 4.39 Å². The molecule has 0 aliphatic heterocycles. The van der Waals surface area contributed by atoms with Gasteiger partial charge in [0, 0.05) is 13.3 Å². The van der Waals surface area contributed by atoms with E-state index < -0.39 is 17.9 Å². The summed E-state index contributed by atoms with van der Waals surface area (Å²) in [5.41, 5.74) is 1.40. The molecule has 22 heavy (non-hydrogen) atoms. The van der Waals surface area contributed by atoms with Gasteiger partial charge in [-0.3, -0.25) is 0 Å². The minimum Gasteiger partial charge on any atom is -0.403 e. The van der Waals surface area contributed by atoms with Crippen LogP contribution in [0.2, 0.25) is 5.54 Å². The molecular formula is C15H18F4O2Si. The van der Waals surface area contributed by atoms with E-state index in [4.69, 9.17) is 4.74 Å². The molecule has 7 heteroatoms. The van der Waals surface area contributed by atoms with Crippen LogP contribution in [0.25, 0.3) is 0 Å². The first-order chi connectivity index (χ1) is 10.4. The van der Waals surface area contributed by atoms with Gasteiger partial charge in [0.05, 0.1) is 9.52 Å². The van der Waals surface area contributed by atoms with Gasteiger partial charge in [0.1, 0.15) is 0 Å². The predicted molar refractivity (Wildman–Crippen MR) is 75.7 cm³/mol. The number of alkyl halides is 3. The standard InChI is InChI=1S/C15H18F4O2Si/c1-20-9-22-12-5-2-10(3-6-12)11-4-7-14(13(16)8-11)21-15(17,18)19/h4,7-8,10,12H,2-3,5-6,9H2,1H3. The molecule has 0 spiro atoms. The normalized spacial score (nSPS) is 22.6. The fourth-order valence-electron chi connectivity index (χ4n) is 2.81. The van der Waals surface area contributed by atoms with Crippen molar-refractivity contribution in [1.82, 2.24) is 0 Å². The Morgan fingerprint density at radius 1 is 1.18 bits per heavy atom. The zero-order valence-corrected chi connectivity index (χ0v) is 13.3. The first-order valence-electron chi connectivity index (χ1n) is 7.16. The number of benzene rings is 1. The predicted octanol–water partition coefficient (Wildman–Crippen LogP) is 4.48. The van der Waals surface area contributed by atoms with Crippen molar-refractivity contribution in [3.05, 3.63) is 29.6 Å². The van der Waals surface area contributed by atoms with E-state index in [9.17, 15) is 17.6 Å². The van der Waals surface area contributed by atoms with E-state index in [0.717, 1.165) is 53.1 Å². The lowest BCUT2D eigenvalue weighted by atomic mass is 9.84. The molecule has 1 aliphatic rings. The smallest absolute Gasteiger partial charge is 0.403 e. The zero-order valence-electron chi connectivity index (χ0n) is 12.3. The van der Waals surface area contributed by atoms with Crippen molar-refractivity contribution in [1.29, 1.82) is 0 Å². The van der Waals surface area contributed by atoms with Crippen molar-refractivity contribution in [2.24, 2.45) is 0 Å². The molecule has 0 atom stereocenters. The highest BCUT2D eigenvalue weighted by Gasteiger charge is 2.32. The SMILES string of the molecule is COC[Si]C1CCC(c2ccc(OC(F)(F)F)c(F)c2)CC1. The minimum absolute atomic E-state index is 0.207. The molecule has 0 bridgehead atoms. The molecule has 1 fully saturated rings. The fourth-order valence-corrected chi connectivity index (χ4v) is 3.95. The molecule has 2 rings (SSSR count). The summed E-state index contributed by atoms with van der Waals surface area (Å²) in [6.45, 7) is 0. The molecule has 2 nitrogen and oxygen atoms in total. The highest BCUT2D eigenvalue weighted by atomic mass is 28.2. The molecule has 0 heterocycles. The Bertz CT molecular complexity index is 485. The first kappa shape index (κ1) is 17.3. The van der Waals surface area contributed by atoms with Crippen molar-refractivity contribution >= 4 is 9.52 Å². The monoisotopic (exact) mass is 334 g/mol. The Balaban J connectivity index is 1.95. The van der Waals surface area contributed by atoms with Crippen LogP contribution in [-0.2, 0) is 4.74 Å². The lowest BCUT2D eigenvalue weighted by Gasteiger charge is -2.28. The lowest BCUT2D eigenvalue weighted by Crippen LogP contribution is -2.19. The Labute approximate surface area is 129 Å². The number of methoxy groups -OCH3 is 1. The summed E-state index contributed by atoms with van der Waals surface area (Å²) >= 11 is 0. The third kappa shape index (κ3) is 4.98. The Morgan fingerprint density at radius 2 is 1.86 bits per heavy atom. The van der Waals surface area contributed by atoms with E-state index in [-0.39, 0.29) is 5.92 Å². The summed E-state index contributed by atoms with van der Waals surface area (Å²) in [5, 5.41) is 0. The van der Waals surface area contributed by atoms with Crippen LogP contribution in [0.4, 0.5) is 17.6 Å². The van der Waals surface area contributed by atoms with E-state index in [2.05, 4.69) is 4.74 Å². The summed E-state index contributed by atoms with van der Waals surface area (Å²) in [7, 11) is 2.46. The highest BCUT2D eigenvalue weighted by Crippen LogP contribution is 2.39. The second kappa shape index (κ2) is 7.46. The van der Waals surface area contributed by atoms with Gasteiger partial charge < -0.3 is 9.47 Å². The molecule has 0 amide bonds. The van der Waals surface area contributed by atoms with Crippen molar-refractivity contribution in [2.45, 2.75) is 43.5 Å². The van der Waals surface area contributed by atoms with Crippen LogP contribution in [0, 0.1) is 5.82 Å². The van der Waals surface area contributed by atoms with E-state index in [1.54, 1.807) is 7.11 Å². The fraction of sp³-hybridized carbons (Fsp3) is 0.600. The van der Waals surface area contributed by atoms with E-state index in [0.29, 0.717) is 5.54 Å². The van der Waals surface area contributed by atoms with Crippen molar-refractivity contribution in [2.75, 3.05) is 13.3 Å². The van der Waals surface area contributed by atoms with Crippen molar-refractivity contribution < 1.29 is 27.0 Å². The quantitative estimate of drug-likeness (QED) is 0.584. The number of hydrogen-bond acceptors (Lipinski definition) is 2. The van der Waals surface area contributed by atoms with Gasteiger partial charge in [0.2, 0.25) is 0 Å². The van der Waals surface area contributed by atoms with Crippen molar-refractivity contribution in [3.63, 3.8) is 0 Å². The maximum atomic E-state index is 13.7. The zero-order chi connectivity index (χ0) is 16.2. The van der Waals surface area contributed by atoms with Crippen LogP contribution in [-0.4, -0.2) is 29.2 Å². The number of rotatable bonds is 5. The van der Waals surface area contributed by atoms with Crippen molar-refractivity contribution in [3.8, 4) is 5.75 Å². The molecule has 1 aromatic rings. The minimum atomic E-state index is -4.87. The van der Waals surface area contributed by atoms with Crippen LogP contribution in [0.5, 0.6) is 5.75 Å². The molecule has 1 aliphatic carbocycles. The van der Waals surface area contributed by atoms with Crippen LogP contribution in [0.15, 0.2) is 18.2 Å². The topological polar surface area (TPSA) is 18.5 Å². The van der Waals surface area contributed by atoms with Gasteiger partial charge in [-0.15, -0.1) is 13.2 Å². The molecule has 2 radical (unpaired) electrons. The largest absolute Gasteiger partial charge is 0.573 e. The summed E-state index contributed by atoms with van der Waals surface area (Å²) in [5.74, 6) is -1.53. The second-order valence-corrected chi connectivity index (χ2v) is 6.94. The third-order valence-corrected chi connectivity index (χ3v) is 5.51. The van der Waals surface area contributed by atoms with Crippen LogP contribution in [0.1, 0.15) is 37.2 Å². The lowest BCUT2D eigenvalue weighted by molar-refractivity contribution is -0.275. The first-order valence-corrected chi connectivity index (χ1v) is 8.45. The van der Waals surface area contributed by atoms with Gasteiger partial charge in [-0.1, -0.05) is 18.9 Å². The molecule has 0 N–H and O–H groups in total. The summed E-state index contributed by atoms with van der Waals surface area (Å²) in [6, 6.07) is 3.77. The van der Waals surface area contributed by atoms with Crippen LogP contribution >= 0.6 is 0 Å². The molecule has 0 saturated heterocycles. The van der Waals surface area contributed by atoms with E-state index >= 15 is 0 Å². The highest BCUT2D eigenvalue weighted by molar-refractivity contribution is 6.37. The summed E-state index contributed by atoms with van der Waals surface area (Å²) in [6.07, 6.45) is -0.138.